The molecule has 1 aromatic rings. The molecule has 0 aliphatic carbocycles. The molecule has 0 saturated carbocycles. The van der Waals surface area contributed by atoms with Crippen LogP contribution in [0.5, 0.6) is 5.88 Å². The van der Waals surface area contributed by atoms with Crippen molar-refractivity contribution in [1.82, 2.24) is 4.98 Å². The number of halogens is 2. The molecule has 0 spiro atoms. The minimum atomic E-state index is -1.04. The van der Waals surface area contributed by atoms with Crippen LogP contribution in [0.1, 0.15) is 10.4 Å². The van der Waals surface area contributed by atoms with Gasteiger partial charge in [-0.3, -0.25) is 0 Å². The number of carboxylic acid groups (broad SMARTS) is 1. The molecular weight excluding hydrogens is 306 g/mol. The van der Waals surface area contributed by atoms with Gasteiger partial charge in [0, 0.05) is 6.20 Å². The summed E-state index contributed by atoms with van der Waals surface area (Å²) in [5.41, 5.74) is 0.104. The quantitative estimate of drug-likeness (QED) is 0.910. The van der Waals surface area contributed by atoms with Crippen LogP contribution in [-0.2, 0) is 0 Å². The van der Waals surface area contributed by atoms with Crippen LogP contribution in [0.2, 0.25) is 0 Å². The largest absolute Gasteiger partial charge is 0.480 e. The first-order chi connectivity index (χ1) is 6.07. The van der Waals surface area contributed by atoms with Gasteiger partial charge in [-0.2, -0.15) is 0 Å². The molecule has 0 aromatic carbocycles. The summed E-state index contributed by atoms with van der Waals surface area (Å²) in [6.07, 6.45) is 1.38. The van der Waals surface area contributed by atoms with Crippen LogP contribution in [0.15, 0.2) is 15.1 Å². The molecule has 0 atom stereocenters. The molecule has 1 rings (SSSR count). The highest BCUT2D eigenvalue weighted by Crippen LogP contribution is 2.31. The lowest BCUT2D eigenvalue weighted by molar-refractivity contribution is 0.0694. The Balaban J connectivity index is 3.38. The van der Waals surface area contributed by atoms with Crippen LogP contribution in [0.4, 0.5) is 0 Å². The number of hydrogen-bond donors (Lipinski definition) is 1. The van der Waals surface area contributed by atoms with Gasteiger partial charge in [-0.1, -0.05) is 0 Å². The number of nitrogens with zero attached hydrogens (tertiary/aromatic N) is 1. The Kier molecular flexibility index (Phi) is 3.27. The van der Waals surface area contributed by atoms with Crippen LogP contribution in [0.25, 0.3) is 0 Å². The monoisotopic (exact) mass is 309 g/mol. The molecule has 6 heteroatoms. The third-order valence-electron chi connectivity index (χ3n) is 1.35. The molecule has 1 N–H and O–H groups in total. The zero-order valence-corrected chi connectivity index (χ0v) is 9.72. The minimum absolute atomic E-state index is 0.104. The molecule has 0 radical (unpaired) electrons. The Bertz CT molecular complexity index is 354. The van der Waals surface area contributed by atoms with E-state index in [9.17, 15) is 4.79 Å². The fourth-order valence-corrected chi connectivity index (χ4v) is 2.17. The lowest BCUT2D eigenvalue weighted by Gasteiger charge is -2.05. The van der Waals surface area contributed by atoms with Crippen molar-refractivity contribution in [2.24, 2.45) is 0 Å². The summed E-state index contributed by atoms with van der Waals surface area (Å²) in [5.74, 6) is -0.792. The van der Waals surface area contributed by atoms with Gasteiger partial charge in [0.25, 0.3) is 0 Å². The van der Waals surface area contributed by atoms with E-state index in [0.717, 1.165) is 0 Å². The van der Waals surface area contributed by atoms with Gasteiger partial charge in [0.15, 0.2) is 0 Å². The summed E-state index contributed by atoms with van der Waals surface area (Å²) in [5, 5.41) is 8.82. The number of carboxylic acids is 1. The summed E-state index contributed by atoms with van der Waals surface area (Å²) in [4.78, 5) is 14.6. The molecule has 0 bridgehead atoms. The average molecular weight is 311 g/mol. The Morgan fingerprint density at radius 2 is 2.23 bits per heavy atom. The summed E-state index contributed by atoms with van der Waals surface area (Å²) in [7, 11) is 1.42. The maximum Gasteiger partial charge on any atom is 0.338 e. The predicted octanol–water partition coefficient (Wildman–Crippen LogP) is 2.31. The highest BCUT2D eigenvalue weighted by atomic mass is 79.9. The lowest BCUT2D eigenvalue weighted by atomic mass is 10.3. The van der Waals surface area contributed by atoms with E-state index in [1.165, 1.54) is 13.3 Å². The molecule has 1 aromatic heterocycles. The van der Waals surface area contributed by atoms with Crippen LogP contribution >= 0.6 is 31.9 Å². The van der Waals surface area contributed by atoms with E-state index in [2.05, 4.69) is 36.8 Å². The number of carbonyl (C=O) groups is 1. The number of rotatable bonds is 2. The van der Waals surface area contributed by atoms with Crippen LogP contribution in [0, 0.1) is 0 Å². The van der Waals surface area contributed by atoms with Gasteiger partial charge < -0.3 is 9.84 Å². The van der Waals surface area contributed by atoms with Crippen LogP contribution < -0.4 is 4.74 Å². The Morgan fingerprint density at radius 1 is 1.62 bits per heavy atom. The highest BCUT2D eigenvalue weighted by Gasteiger charge is 2.17. The van der Waals surface area contributed by atoms with Crippen molar-refractivity contribution in [2.75, 3.05) is 7.11 Å². The van der Waals surface area contributed by atoms with Gasteiger partial charge in [0.1, 0.15) is 0 Å². The second kappa shape index (κ2) is 4.06. The van der Waals surface area contributed by atoms with Gasteiger partial charge in [0.2, 0.25) is 5.88 Å². The highest BCUT2D eigenvalue weighted by molar-refractivity contribution is 9.11. The van der Waals surface area contributed by atoms with E-state index >= 15 is 0 Å². The van der Waals surface area contributed by atoms with Gasteiger partial charge in [-0.05, 0) is 31.9 Å². The summed E-state index contributed by atoms with van der Waals surface area (Å²) < 4.78 is 5.59. The molecule has 1 heterocycles. The van der Waals surface area contributed by atoms with Crippen molar-refractivity contribution in [3.8, 4) is 5.88 Å². The smallest absolute Gasteiger partial charge is 0.338 e. The lowest BCUT2D eigenvalue weighted by Crippen LogP contribution is -2.02. The van der Waals surface area contributed by atoms with Crippen molar-refractivity contribution >= 4 is 37.8 Å². The maximum absolute atomic E-state index is 10.8. The first-order valence-corrected chi connectivity index (χ1v) is 4.77. The zero-order valence-electron chi connectivity index (χ0n) is 6.54. The average Bonchev–Trinajstić information content (AvgIpc) is 2.04. The van der Waals surface area contributed by atoms with Gasteiger partial charge in [-0.15, -0.1) is 0 Å². The van der Waals surface area contributed by atoms with Crippen molar-refractivity contribution < 1.29 is 14.6 Å². The van der Waals surface area contributed by atoms with Crippen molar-refractivity contribution in [2.45, 2.75) is 0 Å². The third-order valence-corrected chi connectivity index (χ3v) is 2.69. The van der Waals surface area contributed by atoms with E-state index in [4.69, 9.17) is 9.84 Å². The fourth-order valence-electron chi connectivity index (χ4n) is 0.787. The van der Waals surface area contributed by atoms with Crippen LogP contribution in [-0.4, -0.2) is 23.2 Å². The summed E-state index contributed by atoms with van der Waals surface area (Å²) in [6, 6.07) is 0. The molecule has 13 heavy (non-hydrogen) atoms. The molecule has 0 unspecified atom stereocenters. The molecular formula is C7H5Br2NO3. The molecule has 0 amide bonds. The SMILES string of the molecule is COc1ncc(Br)c(C(=O)O)c1Br. The van der Waals surface area contributed by atoms with Gasteiger partial charge in [0.05, 0.1) is 21.6 Å². The Morgan fingerprint density at radius 3 is 2.69 bits per heavy atom. The third kappa shape index (κ3) is 2.00. The molecule has 0 aliphatic heterocycles. The number of methoxy groups -OCH3 is 1. The number of hydrogen-bond acceptors (Lipinski definition) is 3. The zero-order chi connectivity index (χ0) is 10.0. The Hall–Kier alpha value is -0.620. The first kappa shape index (κ1) is 10.5. The first-order valence-electron chi connectivity index (χ1n) is 3.19. The number of aromatic nitrogens is 1. The van der Waals surface area contributed by atoms with E-state index in [-0.39, 0.29) is 11.4 Å². The molecule has 0 fully saturated rings. The van der Waals surface area contributed by atoms with Crippen LogP contribution in [0.3, 0.4) is 0 Å². The van der Waals surface area contributed by atoms with E-state index in [1.807, 2.05) is 0 Å². The van der Waals surface area contributed by atoms with Gasteiger partial charge >= 0.3 is 5.97 Å². The summed E-state index contributed by atoms with van der Waals surface area (Å²) in [6.45, 7) is 0. The topological polar surface area (TPSA) is 59.4 Å². The summed E-state index contributed by atoms with van der Waals surface area (Å²) >= 11 is 6.18. The van der Waals surface area contributed by atoms with Crippen molar-refractivity contribution in [3.63, 3.8) is 0 Å². The second-order valence-corrected chi connectivity index (χ2v) is 3.76. The molecule has 0 saturated heterocycles. The fraction of sp³-hybridized carbons (Fsp3) is 0.143. The maximum atomic E-state index is 10.8. The number of pyridine rings is 1. The van der Waals surface area contributed by atoms with Gasteiger partial charge in [-0.25, -0.2) is 9.78 Å². The second-order valence-electron chi connectivity index (χ2n) is 2.11. The predicted molar refractivity (Wildman–Crippen MR) is 53.1 cm³/mol. The van der Waals surface area contributed by atoms with Crippen molar-refractivity contribution in [1.29, 1.82) is 0 Å². The van der Waals surface area contributed by atoms with E-state index < -0.39 is 5.97 Å². The van der Waals surface area contributed by atoms with Crippen molar-refractivity contribution in [3.05, 3.63) is 20.7 Å². The molecule has 4 nitrogen and oxygen atoms in total. The number of aromatic carboxylic acids is 1. The van der Waals surface area contributed by atoms with E-state index in [0.29, 0.717) is 8.95 Å². The normalized spacial score (nSPS) is 9.77. The Labute approximate surface area is 91.2 Å². The minimum Gasteiger partial charge on any atom is -0.480 e. The van der Waals surface area contributed by atoms with E-state index in [1.54, 1.807) is 0 Å². The molecule has 70 valence electrons. The standard InChI is InChI=1S/C7H5Br2NO3/c1-13-6-5(9)4(7(11)12)3(8)2-10-6/h2H,1H3,(H,11,12). The molecule has 0 aliphatic rings. The number of ether oxygens (including phenoxy) is 1.